The van der Waals surface area contributed by atoms with Gasteiger partial charge in [-0.2, -0.15) is 0 Å². The number of nitrogens with zero attached hydrogens (tertiary/aromatic N) is 1. The Labute approximate surface area is 238 Å². The number of methoxy groups -OCH3 is 2. The lowest BCUT2D eigenvalue weighted by Crippen LogP contribution is -2.17. The molecule has 1 heterocycles. The Bertz CT molecular complexity index is 1560. The van der Waals surface area contributed by atoms with Crippen molar-refractivity contribution in [3.8, 4) is 45.3 Å². The Kier molecular flexibility index (Phi) is 8.97. The highest BCUT2D eigenvalue weighted by molar-refractivity contribution is 6.33. The second kappa shape index (κ2) is 12.4. The van der Waals surface area contributed by atoms with Gasteiger partial charge in [0.2, 0.25) is 6.79 Å². The van der Waals surface area contributed by atoms with E-state index in [1.54, 1.807) is 50.2 Å². The maximum Gasteiger partial charge on any atom is 0.573 e. The number of fused-ring (bicyclic) bond motifs is 1. The van der Waals surface area contributed by atoms with Crippen molar-refractivity contribution < 1.29 is 46.4 Å². The molecular weight excluding hydrogens is 567 g/mol. The molecule has 12 heteroatoms. The quantitative estimate of drug-likeness (QED) is 0.143. The highest BCUT2D eigenvalue weighted by Crippen LogP contribution is 2.42. The molecule has 0 aliphatic rings. The van der Waals surface area contributed by atoms with Crippen LogP contribution in [0.3, 0.4) is 0 Å². The SMILES string of the molecule is CCOC(=O)OCOc1c(-c2ccc(-c3ccc(OC(F)(F)F)cc3OC)cc2)c(C)nc2cc(OC)c(Cl)cc12. The van der Waals surface area contributed by atoms with Gasteiger partial charge in [-0.1, -0.05) is 35.9 Å². The van der Waals surface area contributed by atoms with Crippen LogP contribution >= 0.6 is 11.6 Å². The van der Waals surface area contributed by atoms with Gasteiger partial charge in [-0.15, -0.1) is 13.2 Å². The number of carbonyl (C=O) groups is 1. The highest BCUT2D eigenvalue weighted by atomic mass is 35.5. The molecule has 0 unspecified atom stereocenters. The van der Waals surface area contributed by atoms with E-state index in [1.807, 2.05) is 0 Å². The number of carbonyl (C=O) groups excluding carboxylic acids is 1. The zero-order chi connectivity index (χ0) is 29.7. The fraction of sp³-hybridized carbons (Fsp3) is 0.241. The van der Waals surface area contributed by atoms with E-state index in [0.29, 0.717) is 55.4 Å². The minimum atomic E-state index is -4.82. The van der Waals surface area contributed by atoms with E-state index in [1.165, 1.54) is 32.4 Å². The lowest BCUT2D eigenvalue weighted by molar-refractivity contribution is -0.274. The number of pyridine rings is 1. The molecule has 1 aromatic heterocycles. The number of alkyl halides is 3. The summed E-state index contributed by atoms with van der Waals surface area (Å²) in [6, 6.07) is 14.3. The highest BCUT2D eigenvalue weighted by Gasteiger charge is 2.31. The van der Waals surface area contributed by atoms with Crippen molar-refractivity contribution in [2.75, 3.05) is 27.6 Å². The smallest absolute Gasteiger partial charge is 0.496 e. The minimum absolute atomic E-state index is 0.145. The zero-order valence-electron chi connectivity index (χ0n) is 22.4. The molecule has 0 fully saturated rings. The Morgan fingerprint density at radius 3 is 2.24 bits per heavy atom. The maximum atomic E-state index is 12.7. The zero-order valence-corrected chi connectivity index (χ0v) is 23.2. The fourth-order valence-corrected chi connectivity index (χ4v) is 4.46. The monoisotopic (exact) mass is 591 g/mol. The van der Waals surface area contributed by atoms with Crippen molar-refractivity contribution in [3.63, 3.8) is 0 Å². The molecule has 0 aliphatic heterocycles. The van der Waals surface area contributed by atoms with E-state index in [4.69, 9.17) is 40.3 Å². The van der Waals surface area contributed by atoms with Crippen molar-refractivity contribution in [2.45, 2.75) is 20.2 Å². The van der Waals surface area contributed by atoms with Gasteiger partial charge in [-0.25, -0.2) is 4.79 Å². The number of ether oxygens (including phenoxy) is 6. The third-order valence-electron chi connectivity index (χ3n) is 5.93. The standard InChI is InChI=1S/C29H25ClF3NO7/c1-5-38-28(35)40-15-39-27-21-13-22(30)25(37-4)14-23(21)34-16(2)26(27)18-8-6-17(7-9-18)20-11-10-19(12-24(20)36-3)41-29(31,32)33/h6-14H,5,15H2,1-4H3. The predicted molar refractivity (Wildman–Crippen MR) is 146 cm³/mol. The van der Waals surface area contributed by atoms with Crippen LogP contribution in [0.15, 0.2) is 54.6 Å². The van der Waals surface area contributed by atoms with Crippen LogP contribution < -0.4 is 18.9 Å². The molecule has 0 saturated heterocycles. The van der Waals surface area contributed by atoms with Crippen molar-refractivity contribution in [2.24, 2.45) is 0 Å². The van der Waals surface area contributed by atoms with E-state index in [2.05, 4.69) is 4.74 Å². The van der Waals surface area contributed by atoms with Crippen LogP contribution in [-0.2, 0) is 9.47 Å². The fourth-order valence-electron chi connectivity index (χ4n) is 4.22. The normalized spacial score (nSPS) is 11.2. The Morgan fingerprint density at radius 1 is 0.927 bits per heavy atom. The van der Waals surface area contributed by atoms with Crippen LogP contribution in [0, 0.1) is 6.92 Å². The molecular formula is C29H25ClF3NO7. The molecule has 0 spiro atoms. The molecule has 0 bridgehead atoms. The van der Waals surface area contributed by atoms with E-state index in [9.17, 15) is 18.0 Å². The van der Waals surface area contributed by atoms with Crippen LogP contribution in [0.25, 0.3) is 33.2 Å². The Balaban J connectivity index is 1.75. The number of aryl methyl sites for hydroxylation is 1. The first-order valence-electron chi connectivity index (χ1n) is 12.2. The Morgan fingerprint density at radius 2 is 1.61 bits per heavy atom. The van der Waals surface area contributed by atoms with E-state index >= 15 is 0 Å². The second-order valence-electron chi connectivity index (χ2n) is 8.48. The Hall–Kier alpha value is -4.38. The first-order valence-corrected chi connectivity index (χ1v) is 12.6. The first-order chi connectivity index (χ1) is 19.5. The molecule has 216 valence electrons. The molecule has 0 radical (unpaired) electrons. The van der Waals surface area contributed by atoms with Crippen molar-refractivity contribution in [3.05, 3.63) is 65.3 Å². The summed E-state index contributed by atoms with van der Waals surface area (Å²) < 4.78 is 68.4. The van der Waals surface area contributed by atoms with E-state index < -0.39 is 25.1 Å². The van der Waals surface area contributed by atoms with Crippen molar-refractivity contribution >= 4 is 28.7 Å². The number of hydrogen-bond acceptors (Lipinski definition) is 8. The van der Waals surface area contributed by atoms with Crippen molar-refractivity contribution in [1.29, 1.82) is 0 Å². The van der Waals surface area contributed by atoms with E-state index in [-0.39, 0.29) is 12.4 Å². The van der Waals surface area contributed by atoms with Gasteiger partial charge in [-0.05, 0) is 43.2 Å². The second-order valence-corrected chi connectivity index (χ2v) is 8.89. The maximum absolute atomic E-state index is 12.7. The van der Waals surface area contributed by atoms with Crippen molar-refractivity contribution in [1.82, 2.24) is 4.98 Å². The molecule has 0 amide bonds. The van der Waals surface area contributed by atoms with Gasteiger partial charge in [0.05, 0.1) is 31.4 Å². The molecule has 3 aromatic carbocycles. The van der Waals surface area contributed by atoms with Crippen LogP contribution in [0.4, 0.5) is 18.0 Å². The lowest BCUT2D eigenvalue weighted by Gasteiger charge is -2.18. The predicted octanol–water partition coefficient (Wildman–Crippen LogP) is 7.96. The first kappa shape index (κ1) is 29.6. The van der Waals surface area contributed by atoms with Gasteiger partial charge >= 0.3 is 12.5 Å². The third-order valence-corrected chi connectivity index (χ3v) is 6.22. The molecule has 0 saturated carbocycles. The number of hydrogen-bond donors (Lipinski definition) is 0. The summed E-state index contributed by atoms with van der Waals surface area (Å²) in [6.45, 7) is 3.16. The third kappa shape index (κ3) is 6.86. The van der Waals surface area contributed by atoms with Gasteiger partial charge in [0.25, 0.3) is 0 Å². The van der Waals surface area contributed by atoms with Crippen LogP contribution in [-0.4, -0.2) is 45.1 Å². The molecule has 0 N–H and O–H groups in total. The number of halogens is 4. The van der Waals surface area contributed by atoms with Gasteiger partial charge in [0.15, 0.2) is 0 Å². The van der Waals surface area contributed by atoms with E-state index in [0.717, 1.165) is 0 Å². The van der Waals surface area contributed by atoms with Gasteiger partial charge in [0, 0.05) is 34.3 Å². The van der Waals surface area contributed by atoms with Crippen LogP contribution in [0.2, 0.25) is 5.02 Å². The summed E-state index contributed by atoms with van der Waals surface area (Å²) in [5.74, 6) is 0.597. The van der Waals surface area contributed by atoms with Gasteiger partial charge < -0.3 is 28.4 Å². The van der Waals surface area contributed by atoms with Crippen LogP contribution in [0.5, 0.6) is 23.0 Å². The average molecular weight is 592 g/mol. The summed E-state index contributed by atoms with van der Waals surface area (Å²) in [6.07, 6.45) is -5.70. The summed E-state index contributed by atoms with van der Waals surface area (Å²) in [5.41, 5.74) is 3.69. The van der Waals surface area contributed by atoms with Crippen LogP contribution in [0.1, 0.15) is 12.6 Å². The molecule has 4 aromatic rings. The largest absolute Gasteiger partial charge is 0.573 e. The molecule has 4 rings (SSSR count). The summed E-state index contributed by atoms with van der Waals surface area (Å²) in [7, 11) is 2.85. The molecule has 0 atom stereocenters. The molecule has 41 heavy (non-hydrogen) atoms. The number of aromatic nitrogens is 1. The summed E-state index contributed by atoms with van der Waals surface area (Å²) >= 11 is 6.41. The molecule has 0 aliphatic carbocycles. The average Bonchev–Trinajstić information content (AvgIpc) is 2.92. The number of benzene rings is 3. The molecule has 8 nitrogen and oxygen atoms in total. The summed E-state index contributed by atoms with van der Waals surface area (Å²) in [5, 5.41) is 0.878. The minimum Gasteiger partial charge on any atom is -0.496 e. The lowest BCUT2D eigenvalue weighted by atomic mass is 9.97. The van der Waals surface area contributed by atoms with Gasteiger partial charge in [-0.3, -0.25) is 4.98 Å². The topological polar surface area (TPSA) is 85.3 Å². The van der Waals surface area contributed by atoms with Gasteiger partial charge in [0.1, 0.15) is 23.0 Å². The summed E-state index contributed by atoms with van der Waals surface area (Å²) in [4.78, 5) is 16.4. The number of rotatable bonds is 9.